The molecule has 21 heavy (non-hydrogen) atoms. The molecular formula is C17H30N4. The molecule has 1 aromatic rings. The number of anilines is 2. The molecule has 0 amide bonds. The largest absolute Gasteiger partial charge is 0.383 e. The second-order valence-electron chi connectivity index (χ2n) is 7.34. The maximum absolute atomic E-state index is 6.09. The molecule has 0 aromatic carbocycles. The van der Waals surface area contributed by atoms with Crippen molar-refractivity contribution in [1.29, 1.82) is 0 Å². The Bertz CT molecular complexity index is 468. The lowest BCUT2D eigenvalue weighted by molar-refractivity contribution is 0.469. The van der Waals surface area contributed by atoms with Gasteiger partial charge in [0.25, 0.3) is 0 Å². The average Bonchev–Trinajstić information content (AvgIpc) is 2.36. The van der Waals surface area contributed by atoms with E-state index in [9.17, 15) is 0 Å². The first-order chi connectivity index (χ1) is 9.88. The molecule has 1 aliphatic carbocycles. The van der Waals surface area contributed by atoms with Crippen LogP contribution in [-0.2, 0) is 5.41 Å². The first-order valence-corrected chi connectivity index (χ1v) is 8.29. The van der Waals surface area contributed by atoms with Gasteiger partial charge in [-0.05, 0) is 19.8 Å². The van der Waals surface area contributed by atoms with Gasteiger partial charge in [0.05, 0.1) is 0 Å². The Kier molecular flexibility index (Phi) is 5.07. The number of nitrogen functional groups attached to an aromatic ring is 1. The summed E-state index contributed by atoms with van der Waals surface area (Å²) in [5, 5.41) is 3.64. The van der Waals surface area contributed by atoms with Gasteiger partial charge in [0.1, 0.15) is 17.5 Å². The molecule has 1 fully saturated rings. The van der Waals surface area contributed by atoms with E-state index in [-0.39, 0.29) is 5.41 Å². The molecule has 4 nitrogen and oxygen atoms in total. The van der Waals surface area contributed by atoms with Crippen LogP contribution in [0.3, 0.4) is 0 Å². The van der Waals surface area contributed by atoms with Gasteiger partial charge in [0, 0.05) is 17.0 Å². The van der Waals surface area contributed by atoms with Crippen molar-refractivity contribution in [3.05, 3.63) is 11.4 Å². The van der Waals surface area contributed by atoms with Crippen LogP contribution in [0.1, 0.15) is 77.1 Å². The summed E-state index contributed by atoms with van der Waals surface area (Å²) in [4.78, 5) is 9.21. The standard InChI is InChI=1S/C17H30N4/c1-12-14(18)20-16(17(2,3)4)21-15(12)19-13-10-8-6-5-7-9-11-13/h13H,5-11H2,1-4H3,(H3,18,19,20,21). The van der Waals surface area contributed by atoms with Gasteiger partial charge in [-0.15, -0.1) is 0 Å². The SMILES string of the molecule is Cc1c(N)nc(C(C)(C)C)nc1NC1CCCCCCC1. The molecule has 0 bridgehead atoms. The van der Waals surface area contributed by atoms with Gasteiger partial charge in [-0.25, -0.2) is 9.97 Å². The van der Waals surface area contributed by atoms with E-state index in [1.165, 1.54) is 44.9 Å². The summed E-state index contributed by atoms with van der Waals surface area (Å²) < 4.78 is 0. The summed E-state index contributed by atoms with van der Waals surface area (Å²) in [5.41, 5.74) is 6.98. The van der Waals surface area contributed by atoms with Gasteiger partial charge >= 0.3 is 0 Å². The molecule has 4 heteroatoms. The van der Waals surface area contributed by atoms with Crippen molar-refractivity contribution in [1.82, 2.24) is 9.97 Å². The van der Waals surface area contributed by atoms with Crippen LogP contribution < -0.4 is 11.1 Å². The molecule has 0 saturated heterocycles. The zero-order valence-corrected chi connectivity index (χ0v) is 14.0. The lowest BCUT2D eigenvalue weighted by Crippen LogP contribution is -2.25. The molecule has 0 spiro atoms. The lowest BCUT2D eigenvalue weighted by atomic mass is 9.95. The van der Waals surface area contributed by atoms with Crippen molar-refractivity contribution in [3.63, 3.8) is 0 Å². The van der Waals surface area contributed by atoms with E-state index in [2.05, 4.69) is 31.1 Å². The minimum Gasteiger partial charge on any atom is -0.383 e. The number of hydrogen-bond acceptors (Lipinski definition) is 4. The van der Waals surface area contributed by atoms with Crippen LogP contribution in [0.2, 0.25) is 0 Å². The Morgan fingerprint density at radius 3 is 2.14 bits per heavy atom. The Morgan fingerprint density at radius 1 is 1.00 bits per heavy atom. The molecule has 1 saturated carbocycles. The van der Waals surface area contributed by atoms with Crippen LogP contribution in [0.15, 0.2) is 0 Å². The zero-order valence-electron chi connectivity index (χ0n) is 14.0. The van der Waals surface area contributed by atoms with E-state index in [1.54, 1.807) is 0 Å². The topological polar surface area (TPSA) is 63.8 Å². The molecule has 118 valence electrons. The minimum atomic E-state index is -0.0841. The summed E-state index contributed by atoms with van der Waals surface area (Å²) in [6, 6.07) is 0.520. The normalized spacial score (nSPS) is 18.1. The quantitative estimate of drug-likeness (QED) is 0.857. The number of nitrogens with one attached hydrogen (secondary N) is 1. The third-order valence-electron chi connectivity index (χ3n) is 4.30. The first-order valence-electron chi connectivity index (χ1n) is 8.29. The van der Waals surface area contributed by atoms with Crippen molar-refractivity contribution >= 4 is 11.6 Å². The fourth-order valence-corrected chi connectivity index (χ4v) is 2.80. The molecule has 3 N–H and O–H groups in total. The highest BCUT2D eigenvalue weighted by Crippen LogP contribution is 2.27. The van der Waals surface area contributed by atoms with Crippen molar-refractivity contribution in [2.24, 2.45) is 0 Å². The number of nitrogens with two attached hydrogens (primary N) is 1. The van der Waals surface area contributed by atoms with Gasteiger partial charge in [0.15, 0.2) is 0 Å². The molecule has 1 aliphatic rings. The first kappa shape index (κ1) is 16.1. The maximum Gasteiger partial charge on any atom is 0.138 e. The van der Waals surface area contributed by atoms with Crippen LogP contribution in [0, 0.1) is 6.92 Å². The third-order valence-corrected chi connectivity index (χ3v) is 4.30. The number of aromatic nitrogens is 2. The van der Waals surface area contributed by atoms with E-state index < -0.39 is 0 Å². The monoisotopic (exact) mass is 290 g/mol. The van der Waals surface area contributed by atoms with Crippen LogP contribution in [0.5, 0.6) is 0 Å². The van der Waals surface area contributed by atoms with Gasteiger partial charge in [-0.1, -0.05) is 52.9 Å². The average molecular weight is 290 g/mol. The van der Waals surface area contributed by atoms with Crippen molar-refractivity contribution in [2.75, 3.05) is 11.1 Å². The Hall–Kier alpha value is -1.32. The maximum atomic E-state index is 6.09. The molecule has 1 heterocycles. The van der Waals surface area contributed by atoms with Crippen molar-refractivity contribution < 1.29 is 0 Å². The van der Waals surface area contributed by atoms with Crippen LogP contribution in [-0.4, -0.2) is 16.0 Å². The number of nitrogens with zero attached hydrogens (tertiary/aromatic N) is 2. The Balaban J connectivity index is 2.19. The molecule has 1 aromatic heterocycles. The molecule has 0 radical (unpaired) electrons. The van der Waals surface area contributed by atoms with E-state index in [4.69, 9.17) is 10.7 Å². The summed E-state index contributed by atoms with van der Waals surface area (Å²) in [5.74, 6) is 2.35. The molecule has 0 unspecified atom stereocenters. The van der Waals surface area contributed by atoms with E-state index in [0.717, 1.165) is 17.2 Å². The summed E-state index contributed by atoms with van der Waals surface area (Å²) in [6.07, 6.45) is 9.18. The fraction of sp³-hybridized carbons (Fsp3) is 0.765. The summed E-state index contributed by atoms with van der Waals surface area (Å²) >= 11 is 0. The smallest absolute Gasteiger partial charge is 0.138 e. The molecule has 0 aliphatic heterocycles. The Morgan fingerprint density at radius 2 is 1.57 bits per heavy atom. The minimum absolute atomic E-state index is 0.0841. The van der Waals surface area contributed by atoms with E-state index >= 15 is 0 Å². The van der Waals surface area contributed by atoms with E-state index in [1.807, 2.05) is 6.92 Å². The molecular weight excluding hydrogens is 260 g/mol. The van der Waals surface area contributed by atoms with Gasteiger partial charge in [-0.2, -0.15) is 0 Å². The summed E-state index contributed by atoms with van der Waals surface area (Å²) in [7, 11) is 0. The predicted octanol–water partition coefficient (Wildman–Crippen LogP) is 4.19. The fourth-order valence-electron chi connectivity index (χ4n) is 2.80. The van der Waals surface area contributed by atoms with Gasteiger partial charge in [-0.3, -0.25) is 0 Å². The Labute approximate surface area is 128 Å². The van der Waals surface area contributed by atoms with Crippen molar-refractivity contribution in [2.45, 2.75) is 84.1 Å². The highest BCUT2D eigenvalue weighted by Gasteiger charge is 2.21. The van der Waals surface area contributed by atoms with Crippen molar-refractivity contribution in [3.8, 4) is 0 Å². The lowest BCUT2D eigenvalue weighted by Gasteiger charge is -2.25. The number of hydrogen-bond donors (Lipinski definition) is 2. The van der Waals surface area contributed by atoms with E-state index in [0.29, 0.717) is 11.9 Å². The second kappa shape index (κ2) is 6.63. The van der Waals surface area contributed by atoms with Crippen LogP contribution in [0.4, 0.5) is 11.6 Å². The van der Waals surface area contributed by atoms with Crippen LogP contribution >= 0.6 is 0 Å². The predicted molar refractivity (Wildman–Crippen MR) is 89.6 cm³/mol. The zero-order chi connectivity index (χ0) is 15.5. The molecule has 0 atom stereocenters. The molecule has 2 rings (SSSR count). The highest BCUT2D eigenvalue weighted by atomic mass is 15.1. The third kappa shape index (κ3) is 4.32. The summed E-state index contributed by atoms with van der Waals surface area (Å²) in [6.45, 7) is 8.37. The number of rotatable bonds is 2. The highest BCUT2D eigenvalue weighted by molar-refractivity contribution is 5.55. The van der Waals surface area contributed by atoms with Gasteiger partial charge < -0.3 is 11.1 Å². The van der Waals surface area contributed by atoms with Crippen LogP contribution in [0.25, 0.3) is 0 Å². The second-order valence-corrected chi connectivity index (χ2v) is 7.34. The van der Waals surface area contributed by atoms with Gasteiger partial charge in [0.2, 0.25) is 0 Å².